The van der Waals surface area contributed by atoms with E-state index >= 15 is 0 Å². The Morgan fingerprint density at radius 2 is 1.76 bits per heavy atom. The van der Waals surface area contributed by atoms with Crippen molar-refractivity contribution in [2.75, 3.05) is 31.1 Å². The summed E-state index contributed by atoms with van der Waals surface area (Å²) in [4.78, 5) is 22.0. The van der Waals surface area contributed by atoms with Crippen LogP contribution < -0.4 is 4.90 Å². The topological polar surface area (TPSA) is 35.9 Å². The highest BCUT2D eigenvalue weighted by Gasteiger charge is 2.30. The molecular formula is C24H26ClN3O. The SMILES string of the molecule is O=C(C1CCN(c2ccc(Cl)c(C3=Nc4ccccc4C3)c2)CC1)N1CCCC1. The second kappa shape index (κ2) is 7.83. The zero-order valence-corrected chi connectivity index (χ0v) is 17.4. The normalized spacial score (nSPS) is 19.4. The number of carbonyl (C=O) groups is 1. The predicted molar refractivity (Wildman–Crippen MR) is 119 cm³/mol. The van der Waals surface area contributed by atoms with Gasteiger partial charge in [-0.25, -0.2) is 0 Å². The molecule has 150 valence electrons. The standard InChI is InChI=1S/C24H26ClN3O/c25-21-8-7-19(16-20(21)23-15-18-5-1-2-6-22(18)26-23)27-13-9-17(10-14-27)24(29)28-11-3-4-12-28/h1-2,5-8,16-17H,3-4,9-15H2. The molecule has 0 N–H and O–H groups in total. The van der Waals surface area contributed by atoms with Gasteiger partial charge >= 0.3 is 0 Å². The second-order valence-corrected chi connectivity index (χ2v) is 8.73. The van der Waals surface area contributed by atoms with Crippen LogP contribution in [0.25, 0.3) is 0 Å². The molecule has 0 aliphatic carbocycles. The van der Waals surface area contributed by atoms with Crippen molar-refractivity contribution in [3.05, 3.63) is 58.6 Å². The average Bonchev–Trinajstić information content (AvgIpc) is 3.44. The zero-order valence-electron chi connectivity index (χ0n) is 16.6. The molecule has 5 heteroatoms. The number of carbonyl (C=O) groups excluding carboxylic acids is 1. The van der Waals surface area contributed by atoms with Gasteiger partial charge in [-0.3, -0.25) is 9.79 Å². The van der Waals surface area contributed by atoms with Gasteiger partial charge in [-0.2, -0.15) is 0 Å². The molecule has 2 aromatic rings. The molecule has 29 heavy (non-hydrogen) atoms. The summed E-state index contributed by atoms with van der Waals surface area (Å²) in [6.45, 7) is 3.73. The molecule has 0 bridgehead atoms. The molecule has 2 fully saturated rings. The fraction of sp³-hybridized carbons (Fsp3) is 0.417. The second-order valence-electron chi connectivity index (χ2n) is 8.32. The first-order valence-corrected chi connectivity index (χ1v) is 11.1. The number of nitrogens with zero attached hydrogens (tertiary/aromatic N) is 3. The van der Waals surface area contributed by atoms with Gasteiger partial charge in [0.05, 0.1) is 11.4 Å². The van der Waals surface area contributed by atoms with Crippen molar-refractivity contribution >= 4 is 34.6 Å². The summed E-state index contributed by atoms with van der Waals surface area (Å²) in [6.07, 6.45) is 5.00. The molecule has 4 nitrogen and oxygen atoms in total. The van der Waals surface area contributed by atoms with Gasteiger partial charge in [-0.1, -0.05) is 29.8 Å². The number of likely N-dealkylation sites (tertiary alicyclic amines) is 1. The summed E-state index contributed by atoms with van der Waals surface area (Å²) in [5.41, 5.74) is 5.54. The fourth-order valence-corrected chi connectivity index (χ4v) is 5.03. The Hall–Kier alpha value is -2.33. The van der Waals surface area contributed by atoms with E-state index in [0.29, 0.717) is 5.91 Å². The molecule has 0 atom stereocenters. The van der Waals surface area contributed by atoms with E-state index in [2.05, 4.69) is 40.1 Å². The van der Waals surface area contributed by atoms with E-state index in [0.717, 1.165) is 80.3 Å². The van der Waals surface area contributed by atoms with Gasteiger partial charge in [0, 0.05) is 54.8 Å². The third-order valence-electron chi connectivity index (χ3n) is 6.49. The van der Waals surface area contributed by atoms with Crippen molar-refractivity contribution in [2.45, 2.75) is 32.1 Å². The number of rotatable bonds is 3. The molecule has 0 aromatic heterocycles. The Kier molecular flexibility index (Phi) is 5.04. The van der Waals surface area contributed by atoms with E-state index in [1.165, 1.54) is 11.3 Å². The number of para-hydroxylation sites is 1. The van der Waals surface area contributed by atoms with Crippen LogP contribution >= 0.6 is 11.6 Å². The maximum Gasteiger partial charge on any atom is 0.225 e. The van der Waals surface area contributed by atoms with Gasteiger partial charge in [0.25, 0.3) is 0 Å². The minimum Gasteiger partial charge on any atom is -0.371 e. The van der Waals surface area contributed by atoms with Crippen LogP contribution in [0.1, 0.15) is 36.8 Å². The maximum atomic E-state index is 12.7. The molecule has 0 saturated carbocycles. The molecule has 2 saturated heterocycles. The lowest BCUT2D eigenvalue weighted by Gasteiger charge is -2.34. The summed E-state index contributed by atoms with van der Waals surface area (Å²) in [6, 6.07) is 14.5. The summed E-state index contributed by atoms with van der Waals surface area (Å²) in [7, 11) is 0. The van der Waals surface area contributed by atoms with Crippen LogP contribution in [0.2, 0.25) is 5.02 Å². The van der Waals surface area contributed by atoms with E-state index in [1.807, 2.05) is 12.1 Å². The zero-order chi connectivity index (χ0) is 19.8. The summed E-state index contributed by atoms with van der Waals surface area (Å²) in [5.74, 6) is 0.557. The van der Waals surface area contributed by atoms with Crippen LogP contribution in [-0.2, 0) is 11.2 Å². The summed E-state index contributed by atoms with van der Waals surface area (Å²) in [5, 5.41) is 0.749. The van der Waals surface area contributed by atoms with Crippen LogP contribution in [0.3, 0.4) is 0 Å². The maximum absolute atomic E-state index is 12.7. The average molecular weight is 408 g/mol. The number of fused-ring (bicyclic) bond motifs is 1. The minimum atomic E-state index is 0.185. The van der Waals surface area contributed by atoms with Gasteiger partial charge in [0.15, 0.2) is 0 Å². The number of piperidine rings is 1. The lowest BCUT2D eigenvalue weighted by Crippen LogP contribution is -2.41. The molecule has 2 aromatic carbocycles. The van der Waals surface area contributed by atoms with Crippen LogP contribution in [-0.4, -0.2) is 42.7 Å². The highest BCUT2D eigenvalue weighted by Crippen LogP contribution is 2.33. The predicted octanol–water partition coefficient (Wildman–Crippen LogP) is 4.86. The number of aliphatic imine (C=N–C) groups is 1. The Morgan fingerprint density at radius 1 is 1.00 bits per heavy atom. The van der Waals surface area contributed by atoms with Gasteiger partial charge < -0.3 is 9.80 Å². The quantitative estimate of drug-likeness (QED) is 0.728. The molecule has 3 heterocycles. The highest BCUT2D eigenvalue weighted by atomic mass is 35.5. The van der Waals surface area contributed by atoms with Crippen molar-refractivity contribution in [3.63, 3.8) is 0 Å². The lowest BCUT2D eigenvalue weighted by atomic mass is 9.94. The number of hydrogen-bond acceptors (Lipinski definition) is 3. The Balaban J connectivity index is 1.29. The molecule has 3 aliphatic rings. The molecule has 5 rings (SSSR count). The fourth-order valence-electron chi connectivity index (χ4n) is 4.80. The third kappa shape index (κ3) is 3.66. The van der Waals surface area contributed by atoms with Crippen molar-refractivity contribution in [1.82, 2.24) is 4.90 Å². The van der Waals surface area contributed by atoms with E-state index in [-0.39, 0.29) is 5.92 Å². The van der Waals surface area contributed by atoms with Gasteiger partial charge in [0.2, 0.25) is 5.91 Å². The van der Waals surface area contributed by atoms with Crippen LogP contribution in [0.5, 0.6) is 0 Å². The van der Waals surface area contributed by atoms with Crippen LogP contribution in [0.15, 0.2) is 47.5 Å². The van der Waals surface area contributed by atoms with Crippen molar-refractivity contribution in [1.29, 1.82) is 0 Å². The van der Waals surface area contributed by atoms with E-state index in [4.69, 9.17) is 16.6 Å². The molecule has 3 aliphatic heterocycles. The molecule has 0 unspecified atom stereocenters. The first kappa shape index (κ1) is 18.7. The largest absolute Gasteiger partial charge is 0.371 e. The van der Waals surface area contributed by atoms with Crippen LogP contribution in [0, 0.1) is 5.92 Å². The lowest BCUT2D eigenvalue weighted by molar-refractivity contribution is -0.135. The van der Waals surface area contributed by atoms with Crippen LogP contribution in [0.4, 0.5) is 11.4 Å². The van der Waals surface area contributed by atoms with Crippen molar-refractivity contribution < 1.29 is 4.79 Å². The summed E-state index contributed by atoms with van der Waals surface area (Å²) < 4.78 is 0. The number of amides is 1. The van der Waals surface area contributed by atoms with E-state index < -0.39 is 0 Å². The first-order chi connectivity index (χ1) is 14.2. The van der Waals surface area contributed by atoms with Gasteiger partial charge in [-0.15, -0.1) is 0 Å². The minimum absolute atomic E-state index is 0.185. The monoisotopic (exact) mass is 407 g/mol. The highest BCUT2D eigenvalue weighted by molar-refractivity contribution is 6.34. The van der Waals surface area contributed by atoms with Gasteiger partial charge in [0.1, 0.15) is 0 Å². The Bertz CT molecular complexity index is 956. The van der Waals surface area contributed by atoms with E-state index in [9.17, 15) is 4.79 Å². The third-order valence-corrected chi connectivity index (χ3v) is 6.82. The van der Waals surface area contributed by atoms with Crippen molar-refractivity contribution in [3.8, 4) is 0 Å². The number of benzene rings is 2. The number of anilines is 1. The Morgan fingerprint density at radius 3 is 2.52 bits per heavy atom. The smallest absolute Gasteiger partial charge is 0.225 e. The number of halogens is 1. The molecule has 1 amide bonds. The molecule has 0 spiro atoms. The van der Waals surface area contributed by atoms with E-state index in [1.54, 1.807) is 0 Å². The summed E-state index contributed by atoms with van der Waals surface area (Å²) >= 11 is 6.55. The molecule has 0 radical (unpaired) electrons. The Labute approximate surface area is 177 Å². The van der Waals surface area contributed by atoms with Crippen molar-refractivity contribution in [2.24, 2.45) is 10.9 Å². The number of hydrogen-bond donors (Lipinski definition) is 0. The first-order valence-electron chi connectivity index (χ1n) is 10.7. The van der Waals surface area contributed by atoms with Gasteiger partial charge in [-0.05, 0) is 55.5 Å². The molecular weight excluding hydrogens is 382 g/mol.